The first kappa shape index (κ1) is 34.6. The second kappa shape index (κ2) is 15.8. The normalized spacial score (nSPS) is 13.9. The zero-order chi connectivity index (χ0) is 33.4. The summed E-state index contributed by atoms with van der Waals surface area (Å²) in [6, 6.07) is 14.1. The topological polar surface area (TPSA) is 137 Å². The van der Waals surface area contributed by atoms with Gasteiger partial charge in [-0.2, -0.15) is 0 Å². The first-order valence-corrected chi connectivity index (χ1v) is 15.9. The molecule has 4 rings (SSSR count). The van der Waals surface area contributed by atoms with Crippen LogP contribution in [0.1, 0.15) is 72.2 Å². The van der Waals surface area contributed by atoms with Crippen molar-refractivity contribution in [2.24, 2.45) is 0 Å². The number of carboxylic acid groups (broad SMARTS) is 1. The van der Waals surface area contributed by atoms with E-state index in [1.165, 1.54) is 7.11 Å². The Hall–Kier alpha value is -4.28. The minimum absolute atomic E-state index is 0.0416. The molecule has 4 amide bonds. The fourth-order valence-electron chi connectivity index (χ4n) is 5.65. The van der Waals surface area contributed by atoms with Gasteiger partial charge in [0.25, 0.3) is 11.8 Å². The zero-order valence-electron chi connectivity index (χ0n) is 25.9. The number of benzene rings is 3. The van der Waals surface area contributed by atoms with Gasteiger partial charge in [-0.1, -0.05) is 60.7 Å². The number of rotatable bonds is 11. The van der Waals surface area contributed by atoms with Crippen molar-refractivity contribution in [3.05, 3.63) is 87.4 Å². The summed E-state index contributed by atoms with van der Waals surface area (Å²) in [5.41, 5.74) is 1.69. The molecule has 1 fully saturated rings. The number of carbonyl (C=O) groups excluding carboxylic acids is 3. The third kappa shape index (κ3) is 8.70. The summed E-state index contributed by atoms with van der Waals surface area (Å²) < 4.78 is 5.33. The Labute approximate surface area is 278 Å². The van der Waals surface area contributed by atoms with Crippen molar-refractivity contribution in [2.75, 3.05) is 17.7 Å². The van der Waals surface area contributed by atoms with Gasteiger partial charge in [-0.05, 0) is 68.7 Å². The lowest BCUT2D eigenvalue weighted by Gasteiger charge is -2.37. The van der Waals surface area contributed by atoms with Gasteiger partial charge in [-0.3, -0.25) is 9.59 Å². The average molecular weight is 670 g/mol. The van der Waals surface area contributed by atoms with Gasteiger partial charge in [-0.25, -0.2) is 9.59 Å². The lowest BCUT2D eigenvalue weighted by molar-refractivity contribution is -0.139. The number of amides is 4. The van der Waals surface area contributed by atoms with E-state index in [4.69, 9.17) is 27.9 Å². The molecule has 1 saturated carbocycles. The number of halogens is 2. The highest BCUT2D eigenvalue weighted by Crippen LogP contribution is 2.30. The van der Waals surface area contributed by atoms with Crippen LogP contribution >= 0.6 is 23.2 Å². The van der Waals surface area contributed by atoms with Crippen LogP contribution in [-0.4, -0.2) is 59.1 Å². The van der Waals surface area contributed by atoms with Crippen molar-refractivity contribution in [3.63, 3.8) is 0 Å². The molecule has 1 aliphatic rings. The van der Waals surface area contributed by atoms with Gasteiger partial charge >= 0.3 is 12.0 Å². The molecule has 4 N–H and O–H groups in total. The Kier molecular flexibility index (Phi) is 11.9. The fraction of sp³-hybridized carbons (Fsp3) is 0.353. The molecular weight excluding hydrogens is 631 g/mol. The maximum atomic E-state index is 13.8. The minimum atomic E-state index is -1.29. The highest BCUT2D eigenvalue weighted by atomic mass is 35.5. The number of carboxylic acids is 1. The molecule has 0 aromatic heterocycles. The molecule has 0 bridgehead atoms. The summed E-state index contributed by atoms with van der Waals surface area (Å²) in [4.78, 5) is 53.7. The van der Waals surface area contributed by atoms with Crippen LogP contribution in [0.15, 0.2) is 60.7 Å². The van der Waals surface area contributed by atoms with E-state index in [1.54, 1.807) is 60.7 Å². The number of anilines is 2. The van der Waals surface area contributed by atoms with Crippen LogP contribution in [0, 0.1) is 0 Å². The van der Waals surface area contributed by atoms with Crippen molar-refractivity contribution in [2.45, 2.75) is 70.5 Å². The van der Waals surface area contributed by atoms with Crippen molar-refractivity contribution >= 4 is 58.4 Å². The van der Waals surface area contributed by atoms with Crippen LogP contribution in [0.4, 0.5) is 16.2 Å². The quantitative estimate of drug-likeness (QED) is 0.170. The number of aliphatic carboxylic acids is 1. The maximum Gasteiger partial charge on any atom is 0.326 e. The molecule has 3 aromatic carbocycles. The molecular formula is C34H38Cl2N4O6. The predicted octanol–water partition coefficient (Wildman–Crippen LogP) is 7.26. The van der Waals surface area contributed by atoms with E-state index >= 15 is 0 Å². The second-order valence-corrected chi connectivity index (χ2v) is 12.3. The van der Waals surface area contributed by atoms with Crippen LogP contribution in [0.2, 0.25) is 10.0 Å². The summed E-state index contributed by atoms with van der Waals surface area (Å²) in [7, 11) is 1.48. The number of hydrogen-bond acceptors (Lipinski definition) is 5. The van der Waals surface area contributed by atoms with Crippen molar-refractivity contribution in [3.8, 4) is 5.75 Å². The molecule has 3 aromatic rings. The van der Waals surface area contributed by atoms with Gasteiger partial charge in [-0.15, -0.1) is 0 Å². The molecule has 1 atom stereocenters. The minimum Gasteiger partial charge on any atom is -0.497 e. The molecule has 1 aliphatic carbocycles. The number of ether oxygens (including phenoxy) is 1. The zero-order valence-corrected chi connectivity index (χ0v) is 27.5. The number of methoxy groups -OCH3 is 1. The number of nitrogens with one attached hydrogen (secondary N) is 3. The Bertz CT molecular complexity index is 1550. The Morgan fingerprint density at radius 1 is 0.935 bits per heavy atom. The van der Waals surface area contributed by atoms with Crippen LogP contribution in [0.25, 0.3) is 0 Å². The van der Waals surface area contributed by atoms with Crippen molar-refractivity contribution in [1.82, 2.24) is 10.2 Å². The largest absolute Gasteiger partial charge is 0.497 e. The first-order chi connectivity index (χ1) is 22.0. The lowest BCUT2D eigenvalue weighted by Crippen LogP contribution is -2.46. The Morgan fingerprint density at radius 2 is 1.59 bits per heavy atom. The van der Waals surface area contributed by atoms with Crippen molar-refractivity contribution in [1.29, 1.82) is 0 Å². The molecule has 0 radical (unpaired) electrons. The van der Waals surface area contributed by atoms with E-state index in [9.17, 15) is 24.3 Å². The van der Waals surface area contributed by atoms with Gasteiger partial charge in [0.1, 0.15) is 11.8 Å². The van der Waals surface area contributed by atoms with Gasteiger partial charge in [0.15, 0.2) is 0 Å². The number of carbonyl (C=O) groups is 4. The standard InChI is InChI=1S/C34H38Cl2N4O6/c1-20(2)40(23-8-5-4-6-9-23)32(42)25-17-16-24(46-3)19-28(25)38-34(45)39-29(33(43)44)18-21-12-14-22(15-13-21)37-31(41)30-26(35)10-7-11-27(30)36/h7,10-17,19-20,23,29H,4-6,8-9,18H2,1-3H3,(H,37,41)(H,43,44)(H2,38,39,45). The van der Waals surface area contributed by atoms with Crippen LogP contribution in [-0.2, 0) is 11.2 Å². The van der Waals surface area contributed by atoms with E-state index in [2.05, 4.69) is 16.0 Å². The van der Waals surface area contributed by atoms with Gasteiger partial charge < -0.3 is 30.7 Å². The second-order valence-electron chi connectivity index (χ2n) is 11.5. The Balaban J connectivity index is 1.45. The third-order valence-corrected chi connectivity index (χ3v) is 8.54. The van der Waals surface area contributed by atoms with E-state index in [0.717, 1.165) is 32.1 Å². The fourth-order valence-corrected chi connectivity index (χ4v) is 6.21. The highest BCUT2D eigenvalue weighted by molar-refractivity contribution is 6.40. The van der Waals surface area contributed by atoms with Gasteiger partial charge in [0.05, 0.1) is 34.0 Å². The summed E-state index contributed by atoms with van der Waals surface area (Å²) in [5.74, 6) is -1.51. The molecule has 0 spiro atoms. The SMILES string of the molecule is COc1ccc(C(=O)N(C(C)C)C2CCCCC2)c(NC(=O)NC(Cc2ccc(NC(=O)c3c(Cl)cccc3Cl)cc2)C(=O)O)c1. The summed E-state index contributed by atoms with van der Waals surface area (Å²) >= 11 is 12.3. The van der Waals surface area contributed by atoms with Crippen LogP contribution in [0.3, 0.4) is 0 Å². The Morgan fingerprint density at radius 3 is 2.17 bits per heavy atom. The number of hydrogen-bond donors (Lipinski definition) is 4. The monoisotopic (exact) mass is 668 g/mol. The van der Waals surface area contributed by atoms with E-state index in [0.29, 0.717) is 17.0 Å². The summed E-state index contributed by atoms with van der Waals surface area (Å²) in [6.45, 7) is 3.95. The number of urea groups is 1. The van der Waals surface area contributed by atoms with E-state index in [-0.39, 0.29) is 51.3 Å². The molecule has 1 unspecified atom stereocenters. The average Bonchev–Trinajstić information content (AvgIpc) is 3.01. The summed E-state index contributed by atoms with van der Waals surface area (Å²) in [5, 5.41) is 18.2. The molecule has 244 valence electrons. The van der Waals surface area contributed by atoms with Crippen LogP contribution in [0.5, 0.6) is 5.75 Å². The third-order valence-electron chi connectivity index (χ3n) is 7.91. The summed E-state index contributed by atoms with van der Waals surface area (Å²) in [6.07, 6.45) is 5.07. The highest BCUT2D eigenvalue weighted by Gasteiger charge is 2.30. The molecule has 12 heteroatoms. The molecule has 0 saturated heterocycles. The molecule has 0 heterocycles. The van der Waals surface area contributed by atoms with Crippen LogP contribution < -0.4 is 20.7 Å². The van der Waals surface area contributed by atoms with Gasteiger partial charge in [0.2, 0.25) is 0 Å². The lowest BCUT2D eigenvalue weighted by atomic mass is 9.92. The number of nitrogens with zero attached hydrogens (tertiary/aromatic N) is 1. The molecule has 0 aliphatic heterocycles. The molecule has 10 nitrogen and oxygen atoms in total. The van der Waals surface area contributed by atoms with E-state index < -0.39 is 23.9 Å². The predicted molar refractivity (Wildman–Crippen MR) is 179 cm³/mol. The smallest absolute Gasteiger partial charge is 0.326 e. The first-order valence-electron chi connectivity index (χ1n) is 15.1. The maximum absolute atomic E-state index is 13.8. The van der Waals surface area contributed by atoms with E-state index in [1.807, 2.05) is 18.7 Å². The van der Waals surface area contributed by atoms with Gasteiger partial charge in [0, 0.05) is 30.3 Å². The van der Waals surface area contributed by atoms with Crippen molar-refractivity contribution < 1.29 is 29.0 Å². The molecule has 46 heavy (non-hydrogen) atoms.